The zero-order chi connectivity index (χ0) is 25.3. The molecule has 1 unspecified atom stereocenters. The summed E-state index contributed by atoms with van der Waals surface area (Å²) in [7, 11) is -3.52. The first-order valence-corrected chi connectivity index (χ1v) is 15.2. The third kappa shape index (κ3) is 6.00. The Balaban J connectivity index is 1.28. The minimum absolute atomic E-state index is 0.121. The van der Waals surface area contributed by atoms with Gasteiger partial charge in [-0.1, -0.05) is 6.08 Å². The van der Waals surface area contributed by atoms with E-state index in [4.69, 9.17) is 14.6 Å². The Kier molecular flexibility index (Phi) is 7.50. The average molecular weight is 535 g/mol. The van der Waals surface area contributed by atoms with Crippen LogP contribution in [0.1, 0.15) is 80.5 Å². The number of alkyl carbamates (subject to hydrolysis) is 1. The fourth-order valence-electron chi connectivity index (χ4n) is 4.83. The number of hydrogen-bond donors (Lipinski definition) is 1. The van der Waals surface area contributed by atoms with Gasteiger partial charge in [-0.3, -0.25) is 9.90 Å². The number of hydrogen-bond acceptors (Lipinski definition) is 8. The molecule has 1 N–H and O–H groups in total. The standard InChI is InChI=1S/C25H34N4O5S2/c1-16(2)34-25(30)27-18-6-4-17(5-7-18)24-26-15-23(35-24)21-11-8-19(29-12-3-13-33-29)14-22(21)28-36(31,32)20-9-10-20/h8,11,14-18,20-21H,3-7,9-10,12-13H2,1-2H3,(H,27,30). The summed E-state index contributed by atoms with van der Waals surface area (Å²) < 4.78 is 35.0. The largest absolute Gasteiger partial charge is 0.447 e. The zero-order valence-corrected chi connectivity index (χ0v) is 22.4. The van der Waals surface area contributed by atoms with Crippen molar-refractivity contribution in [2.45, 2.75) is 88.0 Å². The van der Waals surface area contributed by atoms with E-state index in [0.717, 1.165) is 54.2 Å². The molecule has 2 heterocycles. The Morgan fingerprint density at radius 3 is 2.69 bits per heavy atom. The van der Waals surface area contributed by atoms with Gasteiger partial charge in [0.05, 0.1) is 40.3 Å². The van der Waals surface area contributed by atoms with E-state index in [0.29, 0.717) is 31.1 Å². The van der Waals surface area contributed by atoms with Crippen molar-refractivity contribution in [1.29, 1.82) is 0 Å². The first kappa shape index (κ1) is 25.4. The molecule has 5 rings (SSSR count). The number of rotatable bonds is 7. The molecule has 1 aromatic rings. The summed E-state index contributed by atoms with van der Waals surface area (Å²) in [6.07, 6.45) is 13.2. The van der Waals surface area contributed by atoms with E-state index in [-0.39, 0.29) is 29.4 Å². The molecule has 11 heteroatoms. The number of allylic oxidation sites excluding steroid dienone is 3. The Morgan fingerprint density at radius 1 is 1.25 bits per heavy atom. The SMILES string of the molecule is CC(C)OC(=O)NC1CCC(c2ncc(C3C=CC(N4CCCO4)=CC3=NS(=O)(=O)C3CC3)s2)CC1. The van der Waals surface area contributed by atoms with Crippen LogP contribution < -0.4 is 5.32 Å². The Labute approximate surface area is 216 Å². The number of carbonyl (C=O) groups is 1. The third-order valence-corrected chi connectivity index (χ3v) is 9.90. The summed E-state index contributed by atoms with van der Waals surface area (Å²) in [6, 6.07) is 0.121. The highest BCUT2D eigenvalue weighted by Gasteiger charge is 2.37. The van der Waals surface area contributed by atoms with Gasteiger partial charge in [-0.25, -0.2) is 18.2 Å². The maximum atomic E-state index is 12.7. The first-order chi connectivity index (χ1) is 17.3. The summed E-state index contributed by atoms with van der Waals surface area (Å²) >= 11 is 1.63. The number of nitrogens with zero attached hydrogens (tertiary/aromatic N) is 3. The van der Waals surface area contributed by atoms with E-state index in [1.807, 2.05) is 43.3 Å². The van der Waals surface area contributed by atoms with Gasteiger partial charge in [-0.15, -0.1) is 11.3 Å². The number of sulfonamides is 1. The van der Waals surface area contributed by atoms with Crippen LogP contribution in [0.3, 0.4) is 0 Å². The van der Waals surface area contributed by atoms with Crippen LogP contribution in [-0.2, 0) is 19.6 Å². The second-order valence-corrected chi connectivity index (χ2v) is 13.1. The maximum Gasteiger partial charge on any atom is 0.407 e. The monoisotopic (exact) mass is 534 g/mol. The molecule has 3 fully saturated rings. The lowest BCUT2D eigenvalue weighted by molar-refractivity contribution is -0.0749. The summed E-state index contributed by atoms with van der Waals surface area (Å²) in [4.78, 5) is 23.3. The lowest BCUT2D eigenvalue weighted by atomic mass is 9.86. The molecule has 3 aliphatic carbocycles. The molecular formula is C25H34N4O5S2. The van der Waals surface area contributed by atoms with Crippen molar-refractivity contribution in [3.8, 4) is 0 Å². The zero-order valence-electron chi connectivity index (χ0n) is 20.8. The van der Waals surface area contributed by atoms with Gasteiger partial charge < -0.3 is 10.1 Å². The number of aromatic nitrogens is 1. The molecule has 2 saturated carbocycles. The topological polar surface area (TPSA) is 110 Å². The molecule has 9 nitrogen and oxygen atoms in total. The normalized spacial score (nSPS) is 28.0. The van der Waals surface area contributed by atoms with Crippen LogP contribution in [-0.4, -0.2) is 60.8 Å². The Bertz CT molecular complexity index is 1150. The predicted octanol–water partition coefficient (Wildman–Crippen LogP) is 4.41. The van der Waals surface area contributed by atoms with Crippen LogP contribution in [0.2, 0.25) is 0 Å². The number of nitrogens with one attached hydrogen (secondary N) is 1. The number of amides is 1. The predicted molar refractivity (Wildman–Crippen MR) is 138 cm³/mol. The fraction of sp³-hybridized carbons (Fsp3) is 0.640. The van der Waals surface area contributed by atoms with Crippen LogP contribution in [0.25, 0.3) is 0 Å². The second-order valence-electron chi connectivity index (χ2n) is 10.2. The van der Waals surface area contributed by atoms with Gasteiger partial charge in [0, 0.05) is 29.6 Å². The van der Waals surface area contributed by atoms with E-state index in [2.05, 4.69) is 9.71 Å². The molecule has 1 aliphatic heterocycles. The fourth-order valence-corrected chi connectivity index (χ4v) is 7.35. The molecule has 0 radical (unpaired) electrons. The molecule has 1 amide bonds. The van der Waals surface area contributed by atoms with E-state index in [9.17, 15) is 13.2 Å². The van der Waals surface area contributed by atoms with Gasteiger partial charge >= 0.3 is 6.09 Å². The van der Waals surface area contributed by atoms with Crippen LogP contribution in [0.5, 0.6) is 0 Å². The van der Waals surface area contributed by atoms with Crippen LogP contribution in [0.4, 0.5) is 4.79 Å². The number of hydroxylamine groups is 2. The van der Waals surface area contributed by atoms with Crippen LogP contribution in [0, 0.1) is 0 Å². The van der Waals surface area contributed by atoms with Crippen molar-refractivity contribution in [1.82, 2.24) is 15.4 Å². The lowest BCUT2D eigenvalue weighted by Crippen LogP contribution is -2.38. The van der Waals surface area contributed by atoms with Gasteiger partial charge in [0.2, 0.25) is 0 Å². The quantitative estimate of drug-likeness (QED) is 0.552. The summed E-state index contributed by atoms with van der Waals surface area (Å²) in [5.74, 6) is 0.0788. The minimum Gasteiger partial charge on any atom is -0.447 e. The average Bonchev–Trinajstić information content (AvgIpc) is 3.36. The molecule has 1 atom stereocenters. The lowest BCUT2D eigenvalue weighted by Gasteiger charge is -2.28. The van der Waals surface area contributed by atoms with Crippen LogP contribution >= 0.6 is 11.3 Å². The van der Waals surface area contributed by atoms with Crippen molar-refractivity contribution in [2.24, 2.45) is 4.40 Å². The van der Waals surface area contributed by atoms with Gasteiger partial charge in [0.15, 0.2) is 0 Å². The van der Waals surface area contributed by atoms with Gasteiger partial charge in [0.25, 0.3) is 10.0 Å². The van der Waals surface area contributed by atoms with E-state index in [1.165, 1.54) is 0 Å². The van der Waals surface area contributed by atoms with Crippen molar-refractivity contribution >= 4 is 33.2 Å². The molecule has 1 saturated heterocycles. The van der Waals surface area contributed by atoms with Crippen molar-refractivity contribution in [3.63, 3.8) is 0 Å². The maximum absolute atomic E-state index is 12.7. The second kappa shape index (κ2) is 10.6. The molecular weight excluding hydrogens is 500 g/mol. The highest BCUT2D eigenvalue weighted by Crippen LogP contribution is 2.39. The Hall–Kier alpha value is -2.24. The summed E-state index contributed by atoms with van der Waals surface area (Å²) in [6.45, 7) is 5.12. The van der Waals surface area contributed by atoms with Crippen molar-refractivity contribution in [3.05, 3.63) is 40.0 Å². The molecule has 4 aliphatic rings. The third-order valence-electron chi connectivity index (χ3n) is 6.88. The van der Waals surface area contributed by atoms with Crippen molar-refractivity contribution in [2.75, 3.05) is 13.2 Å². The minimum atomic E-state index is -3.52. The van der Waals surface area contributed by atoms with E-state index >= 15 is 0 Å². The van der Waals surface area contributed by atoms with Crippen molar-refractivity contribution < 1.29 is 22.8 Å². The highest BCUT2D eigenvalue weighted by molar-refractivity contribution is 7.91. The summed E-state index contributed by atoms with van der Waals surface area (Å²) in [5.41, 5.74) is 1.36. The first-order valence-electron chi connectivity index (χ1n) is 12.9. The highest BCUT2D eigenvalue weighted by atomic mass is 32.2. The number of thiazole rings is 1. The van der Waals surface area contributed by atoms with E-state index < -0.39 is 10.0 Å². The number of carbonyl (C=O) groups excluding carboxylic acids is 1. The molecule has 196 valence electrons. The molecule has 36 heavy (non-hydrogen) atoms. The smallest absolute Gasteiger partial charge is 0.407 e. The molecule has 0 aromatic carbocycles. The molecule has 1 aromatic heterocycles. The number of ether oxygens (including phenoxy) is 1. The van der Waals surface area contributed by atoms with Gasteiger partial charge in [-0.05, 0) is 70.9 Å². The van der Waals surface area contributed by atoms with Gasteiger partial charge in [-0.2, -0.15) is 4.40 Å². The molecule has 0 bridgehead atoms. The van der Waals surface area contributed by atoms with Gasteiger partial charge in [0.1, 0.15) is 0 Å². The molecule has 0 spiro atoms. The van der Waals surface area contributed by atoms with Crippen LogP contribution in [0.15, 0.2) is 34.5 Å². The Morgan fingerprint density at radius 2 is 2.03 bits per heavy atom. The van der Waals surface area contributed by atoms with E-state index in [1.54, 1.807) is 11.3 Å². The summed E-state index contributed by atoms with van der Waals surface area (Å²) in [5, 5.41) is 5.49.